The van der Waals surface area contributed by atoms with Crippen LogP contribution in [0, 0.1) is 20.8 Å². The maximum Gasteiger partial charge on any atom is 0.320 e. The molecule has 0 radical (unpaired) electrons. The number of benzene rings is 1. The van der Waals surface area contributed by atoms with E-state index in [1.807, 2.05) is 5.38 Å². The molecule has 26 heavy (non-hydrogen) atoms. The summed E-state index contributed by atoms with van der Waals surface area (Å²) in [5.74, 6) is -1.09. The number of nitrogens with one attached hydrogen (secondary N) is 1. The summed E-state index contributed by atoms with van der Waals surface area (Å²) >= 11 is 1.38. The van der Waals surface area contributed by atoms with Gasteiger partial charge in [-0.15, -0.1) is 11.3 Å². The normalized spacial score (nSPS) is 17.4. The molecule has 1 amide bonds. The van der Waals surface area contributed by atoms with E-state index in [9.17, 15) is 14.7 Å². The SMILES string of the molecule is Cc1cc(C)c(-c2csc(NC(=O)CN3CCCC3C(=O)O)n2)cc1C. The predicted octanol–water partition coefficient (Wildman–Crippen LogP) is 3.22. The van der Waals surface area contributed by atoms with E-state index >= 15 is 0 Å². The summed E-state index contributed by atoms with van der Waals surface area (Å²) in [7, 11) is 0. The molecule has 1 aliphatic heterocycles. The van der Waals surface area contributed by atoms with Gasteiger partial charge in [-0.25, -0.2) is 4.98 Å². The Morgan fingerprint density at radius 3 is 2.73 bits per heavy atom. The van der Waals surface area contributed by atoms with Crippen molar-refractivity contribution in [2.75, 3.05) is 18.4 Å². The number of carbonyl (C=O) groups excluding carboxylic acids is 1. The number of aryl methyl sites for hydroxylation is 3. The van der Waals surface area contributed by atoms with E-state index in [-0.39, 0.29) is 12.5 Å². The first kappa shape index (κ1) is 18.5. The Hall–Kier alpha value is -2.25. The Morgan fingerprint density at radius 2 is 2.00 bits per heavy atom. The number of nitrogens with zero attached hydrogens (tertiary/aromatic N) is 2. The van der Waals surface area contributed by atoms with Gasteiger partial charge in [-0.1, -0.05) is 6.07 Å². The monoisotopic (exact) mass is 373 g/mol. The Kier molecular flexibility index (Phi) is 5.38. The highest BCUT2D eigenvalue weighted by Crippen LogP contribution is 2.29. The van der Waals surface area contributed by atoms with E-state index in [1.54, 1.807) is 4.90 Å². The quantitative estimate of drug-likeness (QED) is 0.841. The standard InChI is InChI=1S/C19H23N3O3S/c1-11-7-13(3)14(8-12(11)2)15-10-26-19(20-15)21-17(23)9-22-6-4-5-16(22)18(24)25/h7-8,10,16H,4-6,9H2,1-3H3,(H,24,25)(H,20,21,23). The van der Waals surface area contributed by atoms with Crippen molar-refractivity contribution >= 4 is 28.3 Å². The highest BCUT2D eigenvalue weighted by molar-refractivity contribution is 7.14. The fraction of sp³-hybridized carbons (Fsp3) is 0.421. The minimum absolute atomic E-state index is 0.0779. The van der Waals surface area contributed by atoms with Crippen LogP contribution >= 0.6 is 11.3 Å². The molecule has 1 unspecified atom stereocenters. The average molecular weight is 373 g/mol. The lowest BCUT2D eigenvalue weighted by atomic mass is 9.99. The van der Waals surface area contributed by atoms with Crippen LogP contribution in [0.2, 0.25) is 0 Å². The number of hydrogen-bond acceptors (Lipinski definition) is 5. The Morgan fingerprint density at radius 1 is 1.27 bits per heavy atom. The highest BCUT2D eigenvalue weighted by Gasteiger charge is 2.31. The minimum Gasteiger partial charge on any atom is -0.480 e. The third-order valence-corrected chi connectivity index (χ3v) is 5.62. The van der Waals surface area contributed by atoms with Crippen LogP contribution in [0.15, 0.2) is 17.5 Å². The van der Waals surface area contributed by atoms with E-state index in [0.29, 0.717) is 18.1 Å². The van der Waals surface area contributed by atoms with Gasteiger partial charge in [-0.2, -0.15) is 0 Å². The largest absolute Gasteiger partial charge is 0.480 e. The molecule has 0 bridgehead atoms. The van der Waals surface area contributed by atoms with Gasteiger partial charge >= 0.3 is 5.97 Å². The Labute approximate surface area is 156 Å². The first-order valence-corrected chi connectivity index (χ1v) is 9.53. The molecule has 1 aromatic carbocycles. The van der Waals surface area contributed by atoms with E-state index in [4.69, 9.17) is 0 Å². The second kappa shape index (κ2) is 7.55. The van der Waals surface area contributed by atoms with Gasteiger partial charge in [0, 0.05) is 10.9 Å². The first-order chi connectivity index (χ1) is 12.3. The van der Waals surface area contributed by atoms with Crippen LogP contribution in [0.1, 0.15) is 29.5 Å². The van der Waals surface area contributed by atoms with E-state index in [2.05, 4.69) is 43.2 Å². The smallest absolute Gasteiger partial charge is 0.320 e. The van der Waals surface area contributed by atoms with Crippen molar-refractivity contribution in [2.45, 2.75) is 39.7 Å². The summed E-state index contributed by atoms with van der Waals surface area (Å²) in [6, 6.07) is 3.69. The molecule has 3 rings (SSSR count). The number of aromatic nitrogens is 1. The second-order valence-electron chi connectivity index (χ2n) is 6.80. The molecule has 1 aliphatic rings. The summed E-state index contributed by atoms with van der Waals surface area (Å²) in [4.78, 5) is 29.7. The van der Waals surface area contributed by atoms with Crippen molar-refractivity contribution in [2.24, 2.45) is 0 Å². The number of amides is 1. The molecule has 7 heteroatoms. The van der Waals surface area contributed by atoms with Gasteiger partial charge in [0.05, 0.1) is 12.2 Å². The van der Waals surface area contributed by atoms with Crippen molar-refractivity contribution in [3.8, 4) is 11.3 Å². The predicted molar refractivity (Wildman–Crippen MR) is 103 cm³/mol. The van der Waals surface area contributed by atoms with Gasteiger partial charge in [-0.3, -0.25) is 14.5 Å². The number of carbonyl (C=O) groups is 2. The molecular weight excluding hydrogens is 350 g/mol. The molecule has 6 nitrogen and oxygen atoms in total. The third-order valence-electron chi connectivity index (χ3n) is 4.86. The molecule has 1 atom stereocenters. The third kappa shape index (κ3) is 3.94. The zero-order valence-corrected chi connectivity index (χ0v) is 16.0. The van der Waals surface area contributed by atoms with Crippen LogP contribution < -0.4 is 5.32 Å². The van der Waals surface area contributed by atoms with Gasteiger partial charge in [0.25, 0.3) is 0 Å². The van der Waals surface area contributed by atoms with Crippen LogP contribution in [-0.2, 0) is 9.59 Å². The molecule has 1 fully saturated rings. The van der Waals surface area contributed by atoms with Crippen molar-refractivity contribution in [1.29, 1.82) is 0 Å². The second-order valence-corrected chi connectivity index (χ2v) is 7.66. The summed E-state index contributed by atoms with van der Waals surface area (Å²) < 4.78 is 0. The van der Waals surface area contributed by atoms with Gasteiger partial charge < -0.3 is 10.4 Å². The summed E-state index contributed by atoms with van der Waals surface area (Å²) in [6.07, 6.45) is 1.40. The number of thiazole rings is 1. The molecule has 2 aromatic rings. The fourth-order valence-corrected chi connectivity index (χ4v) is 4.06. The van der Waals surface area contributed by atoms with Gasteiger partial charge in [0.2, 0.25) is 5.91 Å². The molecule has 0 spiro atoms. The zero-order valence-electron chi connectivity index (χ0n) is 15.2. The highest BCUT2D eigenvalue weighted by atomic mass is 32.1. The molecule has 0 saturated carbocycles. The fourth-order valence-electron chi connectivity index (χ4n) is 3.33. The number of carboxylic acids is 1. The van der Waals surface area contributed by atoms with Crippen molar-refractivity contribution in [1.82, 2.24) is 9.88 Å². The number of anilines is 1. The summed E-state index contributed by atoms with van der Waals surface area (Å²) in [5, 5.41) is 14.5. The molecule has 1 saturated heterocycles. The van der Waals surface area contributed by atoms with Gasteiger partial charge in [0.1, 0.15) is 6.04 Å². The van der Waals surface area contributed by atoms with Crippen LogP contribution in [0.4, 0.5) is 5.13 Å². The van der Waals surface area contributed by atoms with Crippen molar-refractivity contribution in [3.05, 3.63) is 34.2 Å². The molecular formula is C19H23N3O3S. The molecule has 0 aliphatic carbocycles. The zero-order chi connectivity index (χ0) is 18.8. The van der Waals surface area contributed by atoms with Crippen molar-refractivity contribution < 1.29 is 14.7 Å². The molecule has 2 N–H and O–H groups in total. The van der Waals surface area contributed by atoms with E-state index < -0.39 is 12.0 Å². The van der Waals surface area contributed by atoms with E-state index in [0.717, 1.165) is 23.2 Å². The first-order valence-electron chi connectivity index (χ1n) is 8.65. The van der Waals surface area contributed by atoms with Crippen LogP contribution in [-0.4, -0.2) is 46.0 Å². The number of carboxylic acid groups (broad SMARTS) is 1. The van der Waals surface area contributed by atoms with E-state index in [1.165, 1.54) is 22.5 Å². The van der Waals surface area contributed by atoms with Crippen LogP contribution in [0.25, 0.3) is 11.3 Å². The Bertz CT molecular complexity index is 847. The maximum atomic E-state index is 12.3. The Balaban J connectivity index is 1.68. The molecule has 1 aromatic heterocycles. The summed E-state index contributed by atoms with van der Waals surface area (Å²) in [6.45, 7) is 6.92. The topological polar surface area (TPSA) is 82.5 Å². The van der Waals surface area contributed by atoms with Crippen molar-refractivity contribution in [3.63, 3.8) is 0 Å². The lowest BCUT2D eigenvalue weighted by molar-refractivity contribution is -0.142. The number of rotatable bonds is 5. The van der Waals surface area contributed by atoms with Crippen LogP contribution in [0.3, 0.4) is 0 Å². The maximum absolute atomic E-state index is 12.3. The number of likely N-dealkylation sites (tertiary alicyclic amines) is 1. The van der Waals surface area contributed by atoms with Gasteiger partial charge in [0.15, 0.2) is 5.13 Å². The summed E-state index contributed by atoms with van der Waals surface area (Å²) in [5.41, 5.74) is 5.51. The molecule has 138 valence electrons. The number of aliphatic carboxylic acids is 1. The lowest BCUT2D eigenvalue weighted by Gasteiger charge is -2.19. The lowest BCUT2D eigenvalue weighted by Crippen LogP contribution is -2.40. The van der Waals surface area contributed by atoms with Crippen LogP contribution in [0.5, 0.6) is 0 Å². The minimum atomic E-state index is -0.864. The van der Waals surface area contributed by atoms with Gasteiger partial charge in [-0.05, 0) is 62.9 Å². The number of hydrogen-bond donors (Lipinski definition) is 2. The average Bonchev–Trinajstić information content (AvgIpc) is 3.20. The molecule has 2 heterocycles.